The van der Waals surface area contributed by atoms with Crippen molar-refractivity contribution in [3.05, 3.63) is 64.4 Å². The molecule has 2 N–H and O–H groups in total. The maximum Gasteiger partial charge on any atom is 0.142 e. The SMILES string of the molecule is C[C@H](N)c1cccc(OCc2ccc(Cl)c(F)c2)c1. The lowest BCUT2D eigenvalue weighted by Crippen LogP contribution is -2.05. The summed E-state index contributed by atoms with van der Waals surface area (Å²) in [5, 5.41) is 0.114. The zero-order valence-corrected chi connectivity index (χ0v) is 11.3. The average molecular weight is 280 g/mol. The van der Waals surface area contributed by atoms with E-state index in [1.54, 1.807) is 6.07 Å². The van der Waals surface area contributed by atoms with E-state index >= 15 is 0 Å². The van der Waals surface area contributed by atoms with Crippen LogP contribution in [0, 0.1) is 5.82 Å². The molecule has 100 valence electrons. The fourth-order valence-corrected chi connectivity index (χ4v) is 1.80. The predicted octanol–water partition coefficient (Wildman–Crippen LogP) is 4.08. The zero-order valence-electron chi connectivity index (χ0n) is 10.6. The van der Waals surface area contributed by atoms with Crippen LogP contribution in [0.25, 0.3) is 0 Å². The third-order valence-electron chi connectivity index (χ3n) is 2.77. The first kappa shape index (κ1) is 13.8. The van der Waals surface area contributed by atoms with E-state index in [1.165, 1.54) is 12.1 Å². The quantitative estimate of drug-likeness (QED) is 0.915. The molecule has 0 amide bonds. The van der Waals surface area contributed by atoms with Gasteiger partial charge >= 0.3 is 0 Å². The maximum atomic E-state index is 13.3. The summed E-state index contributed by atoms with van der Waals surface area (Å²) in [4.78, 5) is 0. The average Bonchev–Trinajstić information content (AvgIpc) is 2.40. The fraction of sp³-hybridized carbons (Fsp3) is 0.200. The van der Waals surface area contributed by atoms with Crippen molar-refractivity contribution in [2.75, 3.05) is 0 Å². The summed E-state index contributed by atoms with van der Waals surface area (Å²) >= 11 is 5.62. The molecule has 1 atom stereocenters. The first-order valence-electron chi connectivity index (χ1n) is 5.98. The lowest BCUT2D eigenvalue weighted by atomic mass is 10.1. The predicted molar refractivity (Wildman–Crippen MR) is 74.8 cm³/mol. The smallest absolute Gasteiger partial charge is 0.142 e. The van der Waals surface area contributed by atoms with Gasteiger partial charge in [-0.2, -0.15) is 0 Å². The Balaban J connectivity index is 2.05. The highest BCUT2D eigenvalue weighted by atomic mass is 35.5. The van der Waals surface area contributed by atoms with Crippen molar-refractivity contribution < 1.29 is 9.13 Å². The van der Waals surface area contributed by atoms with Gasteiger partial charge in [-0.25, -0.2) is 4.39 Å². The van der Waals surface area contributed by atoms with Crippen molar-refractivity contribution in [1.29, 1.82) is 0 Å². The van der Waals surface area contributed by atoms with E-state index in [1.807, 2.05) is 31.2 Å². The summed E-state index contributed by atoms with van der Waals surface area (Å²) in [6.45, 7) is 2.20. The molecule has 0 aliphatic carbocycles. The molecule has 2 aromatic rings. The largest absolute Gasteiger partial charge is 0.489 e. The third kappa shape index (κ3) is 3.69. The van der Waals surface area contributed by atoms with Gasteiger partial charge in [-0.3, -0.25) is 0 Å². The minimum Gasteiger partial charge on any atom is -0.489 e. The molecule has 2 nitrogen and oxygen atoms in total. The first-order chi connectivity index (χ1) is 9.06. The summed E-state index contributed by atoms with van der Waals surface area (Å²) in [6.07, 6.45) is 0. The number of halogens is 2. The van der Waals surface area contributed by atoms with Crippen LogP contribution in [0.5, 0.6) is 5.75 Å². The van der Waals surface area contributed by atoms with Crippen molar-refractivity contribution in [1.82, 2.24) is 0 Å². The lowest BCUT2D eigenvalue weighted by Gasteiger charge is -2.10. The van der Waals surface area contributed by atoms with Crippen LogP contribution < -0.4 is 10.5 Å². The Morgan fingerprint density at radius 1 is 1.26 bits per heavy atom. The van der Waals surface area contributed by atoms with Crippen LogP contribution in [0.2, 0.25) is 5.02 Å². The Hall–Kier alpha value is -1.58. The van der Waals surface area contributed by atoms with E-state index < -0.39 is 5.82 Å². The summed E-state index contributed by atoms with van der Waals surface area (Å²) in [7, 11) is 0. The standard InChI is InChI=1S/C15H15ClFNO/c1-10(18)12-3-2-4-13(8-12)19-9-11-5-6-14(16)15(17)7-11/h2-8,10H,9,18H2,1H3/t10-/m0/s1. The molecule has 0 unspecified atom stereocenters. The first-order valence-corrected chi connectivity index (χ1v) is 6.36. The lowest BCUT2D eigenvalue weighted by molar-refractivity contribution is 0.305. The van der Waals surface area contributed by atoms with Gasteiger partial charge in [0.1, 0.15) is 18.2 Å². The molecular formula is C15H15ClFNO. The van der Waals surface area contributed by atoms with Gasteiger partial charge in [-0.05, 0) is 42.3 Å². The molecule has 2 aromatic carbocycles. The summed E-state index contributed by atoms with van der Waals surface area (Å²) < 4.78 is 18.9. The highest BCUT2D eigenvalue weighted by molar-refractivity contribution is 6.30. The van der Waals surface area contributed by atoms with Gasteiger partial charge < -0.3 is 10.5 Å². The second-order valence-electron chi connectivity index (χ2n) is 4.40. The molecule has 0 saturated carbocycles. The number of nitrogens with two attached hydrogens (primary N) is 1. The Morgan fingerprint density at radius 3 is 2.74 bits per heavy atom. The fourth-order valence-electron chi connectivity index (χ4n) is 1.68. The van der Waals surface area contributed by atoms with Crippen molar-refractivity contribution in [2.45, 2.75) is 19.6 Å². The molecule has 0 aromatic heterocycles. The number of hydrogen-bond donors (Lipinski definition) is 1. The molecule has 0 fully saturated rings. The van der Waals surface area contributed by atoms with E-state index in [-0.39, 0.29) is 17.7 Å². The van der Waals surface area contributed by atoms with Crippen molar-refractivity contribution in [3.8, 4) is 5.75 Å². The van der Waals surface area contributed by atoms with E-state index in [0.717, 1.165) is 11.1 Å². The van der Waals surface area contributed by atoms with Crippen LogP contribution >= 0.6 is 11.6 Å². The third-order valence-corrected chi connectivity index (χ3v) is 3.08. The van der Waals surface area contributed by atoms with Gasteiger partial charge in [0.2, 0.25) is 0 Å². The summed E-state index contributed by atoms with van der Waals surface area (Å²) in [5.74, 6) is 0.275. The van der Waals surface area contributed by atoms with E-state index in [2.05, 4.69) is 0 Å². The molecule has 0 aliphatic heterocycles. The van der Waals surface area contributed by atoms with E-state index in [0.29, 0.717) is 5.75 Å². The number of rotatable bonds is 4. The Bertz CT molecular complexity index is 572. The molecule has 0 heterocycles. The minimum absolute atomic E-state index is 0.0449. The molecule has 0 aliphatic rings. The topological polar surface area (TPSA) is 35.2 Å². The number of ether oxygens (including phenoxy) is 1. The van der Waals surface area contributed by atoms with Gasteiger partial charge in [0, 0.05) is 6.04 Å². The second kappa shape index (κ2) is 6.04. The van der Waals surface area contributed by atoms with Crippen molar-refractivity contribution >= 4 is 11.6 Å². The van der Waals surface area contributed by atoms with Gasteiger partial charge in [0.25, 0.3) is 0 Å². The van der Waals surface area contributed by atoms with Crippen molar-refractivity contribution in [3.63, 3.8) is 0 Å². The minimum atomic E-state index is -0.438. The Morgan fingerprint density at radius 2 is 2.05 bits per heavy atom. The van der Waals surface area contributed by atoms with Crippen LogP contribution in [-0.4, -0.2) is 0 Å². The molecule has 0 saturated heterocycles. The Labute approximate surface area is 117 Å². The normalized spacial score (nSPS) is 12.2. The second-order valence-corrected chi connectivity index (χ2v) is 4.81. The van der Waals surface area contributed by atoms with Crippen LogP contribution in [0.15, 0.2) is 42.5 Å². The molecule has 2 rings (SSSR count). The highest BCUT2D eigenvalue weighted by Crippen LogP contribution is 2.20. The van der Waals surface area contributed by atoms with E-state index in [4.69, 9.17) is 22.1 Å². The molecular weight excluding hydrogens is 265 g/mol. The van der Waals surface area contributed by atoms with Gasteiger partial charge in [0.05, 0.1) is 5.02 Å². The molecule has 0 bridgehead atoms. The monoisotopic (exact) mass is 279 g/mol. The van der Waals surface area contributed by atoms with Crippen LogP contribution in [0.3, 0.4) is 0 Å². The summed E-state index contributed by atoms with van der Waals surface area (Å²) in [5.41, 5.74) is 7.54. The Kier molecular flexibility index (Phi) is 4.40. The van der Waals surface area contributed by atoms with Gasteiger partial charge in [-0.15, -0.1) is 0 Å². The van der Waals surface area contributed by atoms with E-state index in [9.17, 15) is 4.39 Å². The van der Waals surface area contributed by atoms with Gasteiger partial charge in [0.15, 0.2) is 0 Å². The van der Waals surface area contributed by atoms with Crippen molar-refractivity contribution in [2.24, 2.45) is 5.73 Å². The van der Waals surface area contributed by atoms with Crippen LogP contribution in [-0.2, 0) is 6.61 Å². The number of hydrogen-bond acceptors (Lipinski definition) is 2. The van der Waals surface area contributed by atoms with Gasteiger partial charge in [-0.1, -0.05) is 29.8 Å². The molecule has 4 heteroatoms. The van der Waals surface area contributed by atoms with Crippen LogP contribution in [0.4, 0.5) is 4.39 Å². The molecule has 0 radical (unpaired) electrons. The zero-order chi connectivity index (χ0) is 13.8. The van der Waals surface area contributed by atoms with Crippen LogP contribution in [0.1, 0.15) is 24.1 Å². The number of benzene rings is 2. The maximum absolute atomic E-state index is 13.3. The highest BCUT2D eigenvalue weighted by Gasteiger charge is 2.04. The summed E-state index contributed by atoms with van der Waals surface area (Å²) in [6, 6.07) is 12.1. The molecule has 0 spiro atoms. The molecule has 19 heavy (non-hydrogen) atoms.